The first-order valence-electron chi connectivity index (χ1n) is 5.91. The number of hydrogen-bond acceptors (Lipinski definition) is 3. The predicted molar refractivity (Wildman–Crippen MR) is 74.1 cm³/mol. The standard InChI is InChI=1S/C12H17IN2O2/c1-8-9(13)10(16)15-11(14-8)12(17-2)6-4-3-5-7-12/h3-7H2,1-2H3,(H,14,15,16). The van der Waals surface area contributed by atoms with Gasteiger partial charge in [0.05, 0.1) is 9.26 Å². The summed E-state index contributed by atoms with van der Waals surface area (Å²) in [5.74, 6) is 0.697. The zero-order valence-electron chi connectivity index (χ0n) is 10.2. The van der Waals surface area contributed by atoms with E-state index in [0.717, 1.165) is 31.4 Å². The molecule has 0 aliphatic heterocycles. The summed E-state index contributed by atoms with van der Waals surface area (Å²) in [6, 6.07) is 0. The van der Waals surface area contributed by atoms with Gasteiger partial charge >= 0.3 is 0 Å². The molecule has 17 heavy (non-hydrogen) atoms. The number of aryl methyl sites for hydroxylation is 1. The minimum atomic E-state index is -0.382. The lowest BCUT2D eigenvalue weighted by Crippen LogP contribution is -2.36. The smallest absolute Gasteiger partial charge is 0.264 e. The second-order valence-electron chi connectivity index (χ2n) is 4.57. The maximum absolute atomic E-state index is 11.8. The number of nitrogens with one attached hydrogen (secondary N) is 1. The van der Waals surface area contributed by atoms with Gasteiger partial charge in [-0.25, -0.2) is 4.98 Å². The molecule has 5 heteroatoms. The molecule has 0 atom stereocenters. The topological polar surface area (TPSA) is 55.0 Å². The Labute approximate surface area is 114 Å². The molecule has 0 bridgehead atoms. The number of halogens is 1. The van der Waals surface area contributed by atoms with Crippen molar-refractivity contribution >= 4 is 22.6 Å². The van der Waals surface area contributed by atoms with E-state index in [1.54, 1.807) is 7.11 Å². The van der Waals surface area contributed by atoms with Crippen LogP contribution in [0.4, 0.5) is 0 Å². The number of hydrogen-bond donors (Lipinski definition) is 1. The first-order valence-corrected chi connectivity index (χ1v) is 6.99. The molecule has 2 rings (SSSR count). The third-order valence-corrected chi connectivity index (χ3v) is 4.78. The number of rotatable bonds is 2. The van der Waals surface area contributed by atoms with Crippen LogP contribution in [-0.2, 0) is 10.3 Å². The van der Waals surface area contributed by atoms with Crippen molar-refractivity contribution in [3.8, 4) is 0 Å². The van der Waals surface area contributed by atoms with E-state index in [-0.39, 0.29) is 11.2 Å². The van der Waals surface area contributed by atoms with Gasteiger partial charge in [0.15, 0.2) is 0 Å². The van der Waals surface area contributed by atoms with Gasteiger partial charge < -0.3 is 9.72 Å². The molecule has 0 unspecified atom stereocenters. The zero-order valence-corrected chi connectivity index (χ0v) is 12.3. The third kappa shape index (κ3) is 2.40. The Bertz CT molecular complexity index is 464. The van der Waals surface area contributed by atoms with Crippen LogP contribution in [0.5, 0.6) is 0 Å². The highest BCUT2D eigenvalue weighted by Crippen LogP contribution is 2.37. The van der Waals surface area contributed by atoms with Crippen LogP contribution in [0.15, 0.2) is 4.79 Å². The Morgan fingerprint density at radius 2 is 2.00 bits per heavy atom. The van der Waals surface area contributed by atoms with Crippen molar-refractivity contribution in [2.75, 3.05) is 7.11 Å². The molecule has 0 amide bonds. The van der Waals surface area contributed by atoms with Gasteiger partial charge in [0.1, 0.15) is 11.4 Å². The van der Waals surface area contributed by atoms with Gasteiger partial charge in [0.2, 0.25) is 0 Å². The molecule has 1 aromatic rings. The summed E-state index contributed by atoms with van der Waals surface area (Å²) >= 11 is 2.03. The van der Waals surface area contributed by atoms with Crippen LogP contribution in [0.3, 0.4) is 0 Å². The molecule has 1 aliphatic carbocycles. The fraction of sp³-hybridized carbons (Fsp3) is 0.667. The second-order valence-corrected chi connectivity index (χ2v) is 5.65. The molecule has 0 saturated heterocycles. The summed E-state index contributed by atoms with van der Waals surface area (Å²) in [7, 11) is 1.71. The summed E-state index contributed by atoms with van der Waals surface area (Å²) in [5, 5.41) is 0. The maximum atomic E-state index is 11.8. The zero-order chi connectivity index (χ0) is 12.5. The molecule has 1 saturated carbocycles. The molecular formula is C12H17IN2O2. The van der Waals surface area contributed by atoms with Gasteiger partial charge in [0.25, 0.3) is 5.56 Å². The SMILES string of the molecule is COC1(c2nc(C)c(I)c(=O)[nH]2)CCCCC1. The lowest BCUT2D eigenvalue weighted by molar-refractivity contribution is -0.0518. The molecular weight excluding hydrogens is 331 g/mol. The molecule has 4 nitrogen and oxygen atoms in total. The number of nitrogens with zero attached hydrogens (tertiary/aromatic N) is 1. The van der Waals surface area contributed by atoms with E-state index in [9.17, 15) is 4.79 Å². The van der Waals surface area contributed by atoms with E-state index >= 15 is 0 Å². The number of aromatic nitrogens is 2. The largest absolute Gasteiger partial charge is 0.370 e. The number of aromatic amines is 1. The molecule has 94 valence electrons. The highest BCUT2D eigenvalue weighted by molar-refractivity contribution is 14.1. The van der Waals surface area contributed by atoms with E-state index in [2.05, 4.69) is 9.97 Å². The Kier molecular flexibility index (Phi) is 3.87. The van der Waals surface area contributed by atoms with Crippen LogP contribution in [0.25, 0.3) is 0 Å². The Balaban J connectivity index is 2.47. The van der Waals surface area contributed by atoms with Crippen molar-refractivity contribution < 1.29 is 4.74 Å². The van der Waals surface area contributed by atoms with Crippen LogP contribution >= 0.6 is 22.6 Å². The Morgan fingerprint density at radius 1 is 1.35 bits per heavy atom. The van der Waals surface area contributed by atoms with Gasteiger partial charge in [-0.1, -0.05) is 19.3 Å². The monoisotopic (exact) mass is 348 g/mol. The molecule has 0 aromatic carbocycles. The number of H-pyrrole nitrogens is 1. The Hall–Kier alpha value is -0.430. The average molecular weight is 348 g/mol. The molecule has 0 spiro atoms. The van der Waals surface area contributed by atoms with E-state index in [1.807, 2.05) is 29.5 Å². The van der Waals surface area contributed by atoms with Crippen molar-refractivity contribution in [2.45, 2.75) is 44.6 Å². The van der Waals surface area contributed by atoms with Gasteiger partial charge in [0, 0.05) is 7.11 Å². The van der Waals surface area contributed by atoms with Crippen molar-refractivity contribution in [1.29, 1.82) is 0 Å². The van der Waals surface area contributed by atoms with Gasteiger partial charge in [-0.15, -0.1) is 0 Å². The normalized spacial score (nSPS) is 19.2. The summed E-state index contributed by atoms with van der Waals surface area (Å²) in [4.78, 5) is 19.2. The number of methoxy groups -OCH3 is 1. The summed E-state index contributed by atoms with van der Waals surface area (Å²) in [6.07, 6.45) is 5.36. The number of ether oxygens (including phenoxy) is 1. The van der Waals surface area contributed by atoms with Crippen molar-refractivity contribution in [1.82, 2.24) is 9.97 Å². The predicted octanol–water partition coefficient (Wildman–Crippen LogP) is 2.49. The highest BCUT2D eigenvalue weighted by atomic mass is 127. The summed E-state index contributed by atoms with van der Waals surface area (Å²) < 4.78 is 6.34. The first-order chi connectivity index (χ1) is 8.09. The molecule has 1 aromatic heterocycles. The quantitative estimate of drug-likeness (QED) is 0.836. The first kappa shape index (κ1) is 13.0. The van der Waals surface area contributed by atoms with Crippen molar-refractivity contribution in [3.05, 3.63) is 25.4 Å². The average Bonchev–Trinajstić information content (AvgIpc) is 2.36. The van der Waals surface area contributed by atoms with E-state index in [4.69, 9.17) is 4.74 Å². The summed E-state index contributed by atoms with van der Waals surface area (Å²) in [6.45, 7) is 1.87. The molecule has 1 aliphatic rings. The highest BCUT2D eigenvalue weighted by Gasteiger charge is 2.36. The van der Waals surface area contributed by atoms with Gasteiger partial charge in [-0.05, 0) is 42.4 Å². The van der Waals surface area contributed by atoms with Gasteiger partial charge in [-0.2, -0.15) is 0 Å². The van der Waals surface area contributed by atoms with Crippen molar-refractivity contribution in [3.63, 3.8) is 0 Å². The van der Waals surface area contributed by atoms with E-state index < -0.39 is 0 Å². The lowest BCUT2D eigenvalue weighted by Gasteiger charge is -2.34. The van der Waals surface area contributed by atoms with Crippen LogP contribution < -0.4 is 5.56 Å². The molecule has 1 heterocycles. The van der Waals surface area contributed by atoms with Crippen LogP contribution in [-0.4, -0.2) is 17.1 Å². The fourth-order valence-corrected chi connectivity index (χ4v) is 2.70. The second kappa shape index (κ2) is 5.06. The molecule has 0 radical (unpaired) electrons. The van der Waals surface area contributed by atoms with Crippen LogP contribution in [0.1, 0.15) is 43.6 Å². The molecule has 1 fully saturated rings. The minimum Gasteiger partial charge on any atom is -0.370 e. The minimum absolute atomic E-state index is 0.0601. The van der Waals surface area contributed by atoms with E-state index in [1.165, 1.54) is 6.42 Å². The van der Waals surface area contributed by atoms with Crippen LogP contribution in [0, 0.1) is 10.5 Å². The Morgan fingerprint density at radius 3 is 2.53 bits per heavy atom. The lowest BCUT2D eigenvalue weighted by atomic mass is 9.84. The fourth-order valence-electron chi connectivity index (χ4n) is 2.45. The molecule has 1 N–H and O–H groups in total. The van der Waals surface area contributed by atoms with Crippen molar-refractivity contribution in [2.24, 2.45) is 0 Å². The van der Waals surface area contributed by atoms with Gasteiger partial charge in [-0.3, -0.25) is 4.79 Å². The maximum Gasteiger partial charge on any atom is 0.264 e. The van der Waals surface area contributed by atoms with Crippen LogP contribution in [0.2, 0.25) is 0 Å². The van der Waals surface area contributed by atoms with E-state index in [0.29, 0.717) is 9.39 Å². The summed E-state index contributed by atoms with van der Waals surface area (Å²) in [5.41, 5.74) is 0.341. The third-order valence-electron chi connectivity index (χ3n) is 3.51.